The number of hydrogen-bond donors (Lipinski definition) is 0. The Morgan fingerprint density at radius 3 is 2.92 bits per heavy atom. The van der Waals surface area contributed by atoms with Gasteiger partial charge in [-0.2, -0.15) is 5.10 Å². The van der Waals surface area contributed by atoms with Gasteiger partial charge in [-0.05, 0) is 31.5 Å². The Kier molecular flexibility index (Phi) is 5.33. The number of pyridine rings is 1. The molecule has 0 saturated carbocycles. The van der Waals surface area contributed by atoms with E-state index in [0.717, 1.165) is 30.1 Å². The molecule has 1 amide bonds. The van der Waals surface area contributed by atoms with Crippen molar-refractivity contribution in [3.8, 4) is 5.75 Å². The van der Waals surface area contributed by atoms with Gasteiger partial charge in [-0.1, -0.05) is 0 Å². The Morgan fingerprint density at radius 2 is 2.20 bits per heavy atom. The number of hydrogen-bond acceptors (Lipinski definition) is 5. The normalized spacial score (nSPS) is 17.6. The highest BCUT2D eigenvalue weighted by Crippen LogP contribution is 2.19. The van der Waals surface area contributed by atoms with Crippen molar-refractivity contribution in [1.82, 2.24) is 24.6 Å². The predicted molar refractivity (Wildman–Crippen MR) is 94.2 cm³/mol. The SMILES string of the molecule is Cc1ccc(OCC2CCn3nccc3CN2CC(=O)N(C)C)cn1. The second-order valence-electron chi connectivity index (χ2n) is 6.63. The molecule has 1 atom stereocenters. The third-order valence-electron chi connectivity index (χ3n) is 4.52. The zero-order valence-electron chi connectivity index (χ0n) is 15.1. The molecule has 1 aliphatic rings. The first-order chi connectivity index (χ1) is 12.0. The quantitative estimate of drug-likeness (QED) is 0.819. The van der Waals surface area contributed by atoms with E-state index in [2.05, 4.69) is 15.0 Å². The third kappa shape index (κ3) is 4.36. The lowest BCUT2D eigenvalue weighted by Crippen LogP contribution is -2.44. The average molecular weight is 343 g/mol. The Bertz CT molecular complexity index is 711. The molecular formula is C18H25N5O2. The minimum atomic E-state index is 0.0926. The third-order valence-corrected chi connectivity index (χ3v) is 4.52. The van der Waals surface area contributed by atoms with E-state index >= 15 is 0 Å². The van der Waals surface area contributed by atoms with Crippen molar-refractivity contribution in [2.24, 2.45) is 0 Å². The van der Waals surface area contributed by atoms with Crippen molar-refractivity contribution in [3.05, 3.63) is 42.0 Å². The molecule has 1 aliphatic heterocycles. The zero-order chi connectivity index (χ0) is 17.8. The maximum atomic E-state index is 12.2. The fourth-order valence-electron chi connectivity index (χ4n) is 2.91. The van der Waals surface area contributed by atoms with Gasteiger partial charge in [0.2, 0.25) is 5.91 Å². The van der Waals surface area contributed by atoms with Gasteiger partial charge in [-0.15, -0.1) is 0 Å². The van der Waals surface area contributed by atoms with E-state index in [0.29, 0.717) is 19.7 Å². The number of fused-ring (bicyclic) bond motifs is 1. The highest BCUT2D eigenvalue weighted by Gasteiger charge is 2.27. The van der Waals surface area contributed by atoms with E-state index in [1.165, 1.54) is 0 Å². The summed E-state index contributed by atoms with van der Waals surface area (Å²) in [6, 6.07) is 6.03. The average Bonchev–Trinajstić information content (AvgIpc) is 2.96. The number of carbonyl (C=O) groups excluding carboxylic acids is 1. The van der Waals surface area contributed by atoms with Crippen molar-refractivity contribution < 1.29 is 9.53 Å². The van der Waals surface area contributed by atoms with Gasteiger partial charge in [-0.3, -0.25) is 19.4 Å². The van der Waals surface area contributed by atoms with Gasteiger partial charge in [0.05, 0.1) is 18.4 Å². The molecule has 0 N–H and O–H groups in total. The molecule has 0 aliphatic carbocycles. The van der Waals surface area contributed by atoms with Crippen LogP contribution in [0.3, 0.4) is 0 Å². The van der Waals surface area contributed by atoms with Crippen molar-refractivity contribution in [1.29, 1.82) is 0 Å². The summed E-state index contributed by atoms with van der Waals surface area (Å²) < 4.78 is 7.96. The fourth-order valence-corrected chi connectivity index (χ4v) is 2.91. The molecule has 2 aromatic rings. The smallest absolute Gasteiger partial charge is 0.236 e. The molecular weight excluding hydrogens is 318 g/mol. The summed E-state index contributed by atoms with van der Waals surface area (Å²) in [4.78, 5) is 20.3. The van der Waals surface area contributed by atoms with Crippen molar-refractivity contribution in [3.63, 3.8) is 0 Å². The first kappa shape index (κ1) is 17.4. The molecule has 7 heteroatoms. The molecule has 0 bridgehead atoms. The highest BCUT2D eigenvalue weighted by atomic mass is 16.5. The number of rotatable bonds is 5. The maximum absolute atomic E-state index is 12.2. The van der Waals surface area contributed by atoms with Crippen LogP contribution in [-0.2, 0) is 17.9 Å². The number of amides is 1. The van der Waals surface area contributed by atoms with Crippen LogP contribution in [0.15, 0.2) is 30.6 Å². The Hall–Kier alpha value is -2.41. The minimum absolute atomic E-state index is 0.0926. The van der Waals surface area contributed by atoms with Crippen molar-refractivity contribution in [2.75, 3.05) is 27.2 Å². The lowest BCUT2D eigenvalue weighted by atomic mass is 10.2. The number of aryl methyl sites for hydroxylation is 2. The Morgan fingerprint density at radius 1 is 1.36 bits per heavy atom. The molecule has 134 valence electrons. The van der Waals surface area contributed by atoms with Crippen LogP contribution in [0.4, 0.5) is 0 Å². The van der Waals surface area contributed by atoms with Crippen LogP contribution in [0.2, 0.25) is 0 Å². The summed E-state index contributed by atoms with van der Waals surface area (Å²) in [6.45, 7) is 4.37. The summed E-state index contributed by atoms with van der Waals surface area (Å²) in [7, 11) is 3.57. The molecule has 25 heavy (non-hydrogen) atoms. The van der Waals surface area contributed by atoms with Gasteiger partial charge in [0, 0.05) is 45.1 Å². The van der Waals surface area contributed by atoms with E-state index in [-0.39, 0.29) is 11.9 Å². The Labute approximate surface area is 148 Å². The summed E-state index contributed by atoms with van der Waals surface area (Å²) in [5, 5.41) is 4.37. The van der Waals surface area contributed by atoms with Crippen LogP contribution >= 0.6 is 0 Å². The fraction of sp³-hybridized carbons (Fsp3) is 0.500. The molecule has 3 rings (SSSR count). The molecule has 0 aromatic carbocycles. The monoisotopic (exact) mass is 343 g/mol. The minimum Gasteiger partial charge on any atom is -0.490 e. The molecule has 3 heterocycles. The van der Waals surface area contributed by atoms with Gasteiger partial charge in [0.15, 0.2) is 0 Å². The van der Waals surface area contributed by atoms with Crippen LogP contribution < -0.4 is 4.74 Å². The van der Waals surface area contributed by atoms with Gasteiger partial charge in [0.25, 0.3) is 0 Å². The second-order valence-corrected chi connectivity index (χ2v) is 6.63. The maximum Gasteiger partial charge on any atom is 0.236 e. The standard InChI is InChI=1S/C18H25N5O2/c1-14-4-5-17(10-19-14)25-13-16-7-9-23-15(6-8-20-23)11-22(16)12-18(24)21(2)3/h4-6,8,10,16H,7,9,11-13H2,1-3H3. The summed E-state index contributed by atoms with van der Waals surface area (Å²) >= 11 is 0. The zero-order valence-corrected chi connectivity index (χ0v) is 15.1. The van der Waals surface area contributed by atoms with E-state index in [1.54, 1.807) is 25.2 Å². The molecule has 7 nitrogen and oxygen atoms in total. The Balaban J connectivity index is 1.70. The van der Waals surface area contributed by atoms with Crippen LogP contribution in [-0.4, -0.2) is 63.8 Å². The van der Waals surface area contributed by atoms with Gasteiger partial charge in [0.1, 0.15) is 12.4 Å². The molecule has 2 aromatic heterocycles. The van der Waals surface area contributed by atoms with Crippen molar-refractivity contribution in [2.45, 2.75) is 32.5 Å². The molecule has 1 unspecified atom stereocenters. The lowest BCUT2D eigenvalue weighted by Gasteiger charge is -2.29. The second kappa shape index (κ2) is 7.65. The van der Waals surface area contributed by atoms with Gasteiger partial charge >= 0.3 is 0 Å². The number of likely N-dealkylation sites (N-methyl/N-ethyl adjacent to an activating group) is 1. The van der Waals surface area contributed by atoms with Gasteiger partial charge < -0.3 is 9.64 Å². The molecule has 0 fully saturated rings. The van der Waals surface area contributed by atoms with Crippen LogP contribution in [0.5, 0.6) is 5.75 Å². The first-order valence-corrected chi connectivity index (χ1v) is 8.53. The van der Waals surface area contributed by atoms with Crippen molar-refractivity contribution >= 4 is 5.91 Å². The number of aromatic nitrogens is 3. The van der Waals surface area contributed by atoms with E-state index in [9.17, 15) is 4.79 Å². The summed E-state index contributed by atoms with van der Waals surface area (Å²) in [6.07, 6.45) is 4.44. The first-order valence-electron chi connectivity index (χ1n) is 8.53. The summed E-state index contributed by atoms with van der Waals surface area (Å²) in [5.74, 6) is 0.849. The van der Waals surface area contributed by atoms with E-state index in [1.807, 2.05) is 36.0 Å². The highest BCUT2D eigenvalue weighted by molar-refractivity contribution is 5.77. The molecule has 0 saturated heterocycles. The van der Waals surface area contributed by atoms with Crippen LogP contribution in [0.1, 0.15) is 17.8 Å². The van der Waals surface area contributed by atoms with Crippen LogP contribution in [0.25, 0.3) is 0 Å². The largest absolute Gasteiger partial charge is 0.490 e. The number of carbonyl (C=O) groups is 1. The number of ether oxygens (including phenoxy) is 1. The van der Waals surface area contributed by atoms with E-state index in [4.69, 9.17) is 4.74 Å². The molecule has 0 spiro atoms. The number of nitrogens with zero attached hydrogens (tertiary/aromatic N) is 5. The molecule has 0 radical (unpaired) electrons. The lowest BCUT2D eigenvalue weighted by molar-refractivity contribution is -0.130. The predicted octanol–water partition coefficient (Wildman–Crippen LogP) is 1.33. The summed E-state index contributed by atoms with van der Waals surface area (Å²) in [5.41, 5.74) is 2.09. The van der Waals surface area contributed by atoms with E-state index < -0.39 is 0 Å². The van der Waals surface area contributed by atoms with Crippen LogP contribution in [0, 0.1) is 6.92 Å². The topological polar surface area (TPSA) is 63.5 Å². The van der Waals surface area contributed by atoms with Gasteiger partial charge in [-0.25, -0.2) is 0 Å².